The average molecular weight is 421 g/mol. The van der Waals surface area contributed by atoms with Gasteiger partial charge in [0.2, 0.25) is 0 Å². The van der Waals surface area contributed by atoms with E-state index >= 15 is 0 Å². The Balaban J connectivity index is 1.65. The molecule has 3 aromatic heterocycles. The number of hydrogen-bond donors (Lipinski definition) is 2. The number of fused-ring (bicyclic) bond motifs is 1. The standard InChI is InChI=1S/C17H20N6O3S2/c1-28(25,26)17-14(10-23(21-17)11-3-5-12(27)6-4-11)20-16(24)13-9-19-22-8-2-7-18-15(13)22/h2,7-12,27H,3-6H2,1H3,(H,20,24)/t11-,12-. The maximum atomic E-state index is 12.8. The van der Waals surface area contributed by atoms with E-state index in [9.17, 15) is 13.2 Å². The zero-order valence-corrected chi connectivity index (χ0v) is 16.9. The second kappa shape index (κ2) is 7.21. The number of anilines is 1. The Morgan fingerprint density at radius 2 is 2.04 bits per heavy atom. The molecule has 0 aromatic carbocycles. The minimum atomic E-state index is -3.62. The van der Waals surface area contributed by atoms with Gasteiger partial charge in [0.15, 0.2) is 20.5 Å². The number of amides is 1. The van der Waals surface area contributed by atoms with Crippen LogP contribution in [0.2, 0.25) is 0 Å². The molecule has 28 heavy (non-hydrogen) atoms. The first-order valence-electron chi connectivity index (χ1n) is 8.90. The molecule has 4 rings (SSSR count). The van der Waals surface area contributed by atoms with Gasteiger partial charge in [-0.15, -0.1) is 0 Å². The second-order valence-corrected chi connectivity index (χ2v) is 9.62. The minimum absolute atomic E-state index is 0.0909. The summed E-state index contributed by atoms with van der Waals surface area (Å²) in [5, 5.41) is 11.3. The fourth-order valence-electron chi connectivity index (χ4n) is 3.42. The molecule has 1 amide bonds. The summed E-state index contributed by atoms with van der Waals surface area (Å²) in [6.07, 6.45) is 10.9. The van der Waals surface area contributed by atoms with Crippen molar-refractivity contribution in [2.24, 2.45) is 0 Å². The molecule has 1 saturated carbocycles. The number of rotatable bonds is 4. The van der Waals surface area contributed by atoms with E-state index in [1.165, 1.54) is 10.7 Å². The van der Waals surface area contributed by atoms with Gasteiger partial charge in [-0.3, -0.25) is 9.48 Å². The number of thiol groups is 1. The first kappa shape index (κ1) is 18.9. The van der Waals surface area contributed by atoms with Gasteiger partial charge in [0.1, 0.15) is 5.56 Å². The first-order chi connectivity index (χ1) is 13.3. The van der Waals surface area contributed by atoms with Gasteiger partial charge in [0.05, 0.1) is 24.1 Å². The second-order valence-electron chi connectivity index (χ2n) is 6.96. The lowest BCUT2D eigenvalue weighted by atomic mass is 9.95. The molecule has 0 aliphatic heterocycles. The molecular formula is C17H20N6O3S2. The molecular weight excluding hydrogens is 400 g/mol. The molecule has 9 nitrogen and oxygen atoms in total. The zero-order valence-electron chi connectivity index (χ0n) is 15.2. The zero-order chi connectivity index (χ0) is 19.9. The average Bonchev–Trinajstić information content (AvgIpc) is 3.26. The third kappa shape index (κ3) is 3.63. The molecule has 1 aliphatic rings. The van der Waals surface area contributed by atoms with Gasteiger partial charge in [0.25, 0.3) is 5.91 Å². The lowest BCUT2D eigenvalue weighted by Gasteiger charge is -2.25. The van der Waals surface area contributed by atoms with E-state index in [0.29, 0.717) is 10.9 Å². The predicted molar refractivity (Wildman–Crippen MR) is 107 cm³/mol. The Hall–Kier alpha value is -2.40. The van der Waals surface area contributed by atoms with Crippen molar-refractivity contribution < 1.29 is 13.2 Å². The summed E-state index contributed by atoms with van der Waals surface area (Å²) in [7, 11) is -3.62. The first-order valence-corrected chi connectivity index (χ1v) is 11.3. The maximum Gasteiger partial charge on any atom is 0.261 e. The van der Waals surface area contributed by atoms with Crippen LogP contribution in [0.15, 0.2) is 35.9 Å². The van der Waals surface area contributed by atoms with Crippen molar-refractivity contribution in [1.29, 1.82) is 0 Å². The Bertz CT molecular complexity index is 1130. The van der Waals surface area contributed by atoms with E-state index in [4.69, 9.17) is 0 Å². The molecule has 3 heterocycles. The molecule has 0 radical (unpaired) electrons. The van der Waals surface area contributed by atoms with Crippen molar-refractivity contribution in [2.45, 2.75) is 42.0 Å². The molecule has 1 fully saturated rings. The van der Waals surface area contributed by atoms with Crippen LogP contribution in [-0.4, -0.2) is 50.2 Å². The van der Waals surface area contributed by atoms with Gasteiger partial charge in [-0.05, 0) is 31.7 Å². The van der Waals surface area contributed by atoms with E-state index in [0.717, 1.165) is 31.9 Å². The van der Waals surface area contributed by atoms with E-state index in [1.54, 1.807) is 29.3 Å². The number of nitrogens with one attached hydrogen (secondary N) is 1. The van der Waals surface area contributed by atoms with Gasteiger partial charge in [-0.25, -0.2) is 17.9 Å². The molecule has 0 atom stereocenters. The summed E-state index contributed by atoms with van der Waals surface area (Å²) < 4.78 is 27.6. The highest BCUT2D eigenvalue weighted by atomic mass is 32.2. The fraction of sp³-hybridized carbons (Fsp3) is 0.412. The number of aromatic nitrogens is 5. The lowest BCUT2D eigenvalue weighted by molar-refractivity contribution is 0.102. The Kier molecular flexibility index (Phi) is 4.88. The van der Waals surface area contributed by atoms with Crippen molar-refractivity contribution in [2.75, 3.05) is 11.6 Å². The van der Waals surface area contributed by atoms with Crippen molar-refractivity contribution >= 4 is 39.7 Å². The highest BCUT2D eigenvalue weighted by Gasteiger charge is 2.27. The largest absolute Gasteiger partial charge is 0.318 e. The third-order valence-corrected chi connectivity index (χ3v) is 6.38. The molecule has 0 unspecified atom stereocenters. The van der Waals surface area contributed by atoms with Crippen LogP contribution in [0.1, 0.15) is 42.1 Å². The molecule has 11 heteroatoms. The maximum absolute atomic E-state index is 12.8. The van der Waals surface area contributed by atoms with Gasteiger partial charge < -0.3 is 5.32 Å². The molecule has 0 bridgehead atoms. The number of nitrogens with zero attached hydrogens (tertiary/aromatic N) is 5. The van der Waals surface area contributed by atoms with E-state index < -0.39 is 15.7 Å². The quantitative estimate of drug-likeness (QED) is 0.625. The van der Waals surface area contributed by atoms with Crippen molar-refractivity contribution in [3.8, 4) is 0 Å². The molecule has 1 N–H and O–H groups in total. The van der Waals surface area contributed by atoms with E-state index in [1.807, 2.05) is 0 Å². The van der Waals surface area contributed by atoms with Gasteiger partial charge in [-0.2, -0.15) is 22.8 Å². The summed E-state index contributed by atoms with van der Waals surface area (Å²) in [6.45, 7) is 0. The van der Waals surface area contributed by atoms with Crippen LogP contribution >= 0.6 is 12.6 Å². The van der Waals surface area contributed by atoms with E-state index in [-0.39, 0.29) is 22.3 Å². The van der Waals surface area contributed by atoms with Gasteiger partial charge in [-0.1, -0.05) is 0 Å². The van der Waals surface area contributed by atoms with Crippen LogP contribution in [-0.2, 0) is 9.84 Å². The molecule has 1 aliphatic carbocycles. The highest BCUT2D eigenvalue weighted by molar-refractivity contribution is 7.90. The monoisotopic (exact) mass is 420 g/mol. The Labute approximate surface area is 167 Å². The summed E-state index contributed by atoms with van der Waals surface area (Å²) in [4.78, 5) is 16.9. The van der Waals surface area contributed by atoms with Crippen LogP contribution in [0.4, 0.5) is 5.69 Å². The minimum Gasteiger partial charge on any atom is -0.318 e. The molecule has 3 aromatic rings. The Morgan fingerprint density at radius 1 is 1.29 bits per heavy atom. The summed E-state index contributed by atoms with van der Waals surface area (Å²) in [6, 6.07) is 1.79. The van der Waals surface area contributed by atoms with E-state index in [2.05, 4.69) is 33.1 Å². The van der Waals surface area contributed by atoms with Crippen molar-refractivity contribution in [3.05, 3.63) is 36.4 Å². The molecule has 148 valence electrons. The van der Waals surface area contributed by atoms with Gasteiger partial charge in [0, 0.05) is 23.9 Å². The normalized spacial score (nSPS) is 20.4. The summed E-state index contributed by atoms with van der Waals surface area (Å²) in [5.41, 5.74) is 0.805. The highest BCUT2D eigenvalue weighted by Crippen LogP contribution is 2.32. The van der Waals surface area contributed by atoms with Crippen molar-refractivity contribution in [1.82, 2.24) is 24.4 Å². The molecule has 0 spiro atoms. The molecule has 0 saturated heterocycles. The summed E-state index contributed by atoms with van der Waals surface area (Å²) >= 11 is 4.50. The van der Waals surface area contributed by atoms with Crippen molar-refractivity contribution in [3.63, 3.8) is 0 Å². The predicted octanol–water partition coefficient (Wildman–Crippen LogP) is 2.00. The van der Waals surface area contributed by atoms with Crippen LogP contribution < -0.4 is 5.32 Å². The van der Waals surface area contributed by atoms with Crippen LogP contribution in [0, 0.1) is 0 Å². The van der Waals surface area contributed by atoms with Gasteiger partial charge >= 0.3 is 0 Å². The Morgan fingerprint density at radius 3 is 2.75 bits per heavy atom. The fourth-order valence-corrected chi connectivity index (χ4v) is 4.47. The van der Waals surface area contributed by atoms with Crippen LogP contribution in [0.5, 0.6) is 0 Å². The SMILES string of the molecule is CS(=O)(=O)c1nn([C@H]2CC[C@H](S)CC2)cc1NC(=O)c1cnn2cccnc12. The number of carbonyl (C=O) groups is 1. The lowest BCUT2D eigenvalue weighted by Crippen LogP contribution is -2.19. The smallest absolute Gasteiger partial charge is 0.261 e. The number of sulfone groups is 1. The van der Waals surface area contributed by atoms with Crippen LogP contribution in [0.25, 0.3) is 5.65 Å². The summed E-state index contributed by atoms with van der Waals surface area (Å²) in [5.74, 6) is -0.489. The number of hydrogen-bond acceptors (Lipinski definition) is 7. The third-order valence-electron chi connectivity index (χ3n) is 4.86. The van der Waals surface area contributed by atoms with Crippen LogP contribution in [0.3, 0.4) is 0 Å². The number of carbonyl (C=O) groups excluding carboxylic acids is 1. The topological polar surface area (TPSA) is 111 Å².